The first-order chi connectivity index (χ1) is 18.6. The first-order valence-corrected chi connectivity index (χ1v) is 13.4. The van der Waals surface area contributed by atoms with Crippen LogP contribution in [0.4, 0.5) is 9.18 Å². The number of morpholine rings is 1. The van der Waals surface area contributed by atoms with Crippen molar-refractivity contribution in [3.05, 3.63) is 75.6 Å². The molecule has 1 N–H and O–H groups in total. The van der Waals surface area contributed by atoms with E-state index in [-0.39, 0.29) is 24.6 Å². The van der Waals surface area contributed by atoms with Gasteiger partial charge in [-0.25, -0.2) is 18.7 Å². The molecule has 3 aromatic rings. The fourth-order valence-corrected chi connectivity index (χ4v) is 4.92. The highest BCUT2D eigenvalue weighted by Gasteiger charge is 2.19. The first-order valence-electron chi connectivity index (χ1n) is 12.5. The van der Waals surface area contributed by atoms with Gasteiger partial charge < -0.3 is 19.7 Å². The molecular formula is C27H32FN5O5S. The molecule has 1 aliphatic rings. The standard InChI is InChI=1S/C27H32FN5O5S/c1-27(2,3)30-25(35)38-17-19(14-28)15-33-26(36)32(18-29-33)16-22-8-9-23(39-22)20-4-6-21(7-5-20)24(34)31-10-12-37-13-11-31/h4-9,14,18H,10-13,15-17H2,1-3H3,(H,30,35)/b19-14-. The van der Waals surface area contributed by atoms with Gasteiger partial charge in [-0.15, -0.1) is 11.3 Å². The van der Waals surface area contributed by atoms with Gasteiger partial charge in [0.25, 0.3) is 5.91 Å². The van der Waals surface area contributed by atoms with Crippen LogP contribution in [-0.4, -0.2) is 69.7 Å². The average molecular weight is 558 g/mol. The van der Waals surface area contributed by atoms with E-state index in [4.69, 9.17) is 9.47 Å². The summed E-state index contributed by atoms with van der Waals surface area (Å²) in [4.78, 5) is 41.1. The summed E-state index contributed by atoms with van der Waals surface area (Å²) in [6.07, 6.45) is 1.05. The van der Waals surface area contributed by atoms with Gasteiger partial charge in [0.15, 0.2) is 0 Å². The summed E-state index contributed by atoms with van der Waals surface area (Å²) in [6.45, 7) is 7.56. The van der Waals surface area contributed by atoms with Gasteiger partial charge in [-0.1, -0.05) is 12.1 Å². The Bertz CT molecular complexity index is 1380. The Hall–Kier alpha value is -3.77. The molecule has 0 atom stereocenters. The minimum absolute atomic E-state index is 0.00129. The highest BCUT2D eigenvalue weighted by Crippen LogP contribution is 2.29. The quantitative estimate of drug-likeness (QED) is 0.453. The topological polar surface area (TPSA) is 108 Å². The molecule has 0 bridgehead atoms. The van der Waals surface area contributed by atoms with Crippen LogP contribution in [-0.2, 0) is 22.6 Å². The van der Waals surface area contributed by atoms with E-state index < -0.39 is 17.3 Å². The predicted octanol–water partition coefficient (Wildman–Crippen LogP) is 3.67. The number of nitrogens with zero attached hydrogens (tertiary/aromatic N) is 4. The number of nitrogens with one attached hydrogen (secondary N) is 1. The van der Waals surface area contributed by atoms with Crippen LogP contribution in [0.2, 0.25) is 0 Å². The second-order valence-corrected chi connectivity index (χ2v) is 11.3. The number of carbonyl (C=O) groups excluding carboxylic acids is 2. The number of ether oxygens (including phenoxy) is 2. The number of hydrogen-bond acceptors (Lipinski definition) is 7. The summed E-state index contributed by atoms with van der Waals surface area (Å²) >= 11 is 1.53. The van der Waals surface area contributed by atoms with E-state index in [2.05, 4.69) is 10.4 Å². The lowest BCUT2D eigenvalue weighted by atomic mass is 10.1. The van der Waals surface area contributed by atoms with Gasteiger partial charge in [0, 0.05) is 39.5 Å². The molecule has 0 radical (unpaired) electrons. The third kappa shape index (κ3) is 7.64. The minimum atomic E-state index is -0.674. The van der Waals surface area contributed by atoms with Crippen molar-refractivity contribution in [2.75, 3.05) is 32.9 Å². The van der Waals surface area contributed by atoms with Crippen LogP contribution >= 0.6 is 11.3 Å². The maximum absolute atomic E-state index is 13.4. The van der Waals surface area contributed by atoms with Gasteiger partial charge in [0.05, 0.1) is 32.6 Å². The summed E-state index contributed by atoms with van der Waals surface area (Å²) in [6, 6.07) is 11.4. The Labute approximate surface area is 229 Å². The molecule has 0 spiro atoms. The fraction of sp³-hybridized carbons (Fsp3) is 0.407. The van der Waals surface area contributed by atoms with E-state index >= 15 is 0 Å². The molecule has 0 unspecified atom stereocenters. The van der Waals surface area contributed by atoms with Gasteiger partial charge in [-0.2, -0.15) is 5.10 Å². The zero-order valence-electron chi connectivity index (χ0n) is 22.2. The van der Waals surface area contributed by atoms with E-state index in [0.29, 0.717) is 44.7 Å². The maximum atomic E-state index is 13.4. The van der Waals surface area contributed by atoms with Gasteiger partial charge in [-0.3, -0.25) is 9.36 Å². The van der Waals surface area contributed by atoms with Crippen molar-refractivity contribution < 1.29 is 23.5 Å². The minimum Gasteiger partial charge on any atom is -0.445 e. The number of rotatable bonds is 8. The number of alkyl carbamates (subject to hydrolysis) is 1. The summed E-state index contributed by atoms with van der Waals surface area (Å²) in [5.41, 5.74) is 0.814. The van der Waals surface area contributed by atoms with Gasteiger partial charge in [0.2, 0.25) is 0 Å². The smallest absolute Gasteiger partial charge is 0.407 e. The lowest BCUT2D eigenvalue weighted by molar-refractivity contribution is 0.0303. The van der Waals surface area contributed by atoms with Crippen LogP contribution in [0.1, 0.15) is 36.0 Å². The van der Waals surface area contributed by atoms with Gasteiger partial charge in [-0.05, 0) is 50.6 Å². The third-order valence-corrected chi connectivity index (χ3v) is 6.99. The molecule has 1 saturated heterocycles. The Morgan fingerprint density at radius 2 is 1.87 bits per heavy atom. The lowest BCUT2D eigenvalue weighted by Crippen LogP contribution is -2.41. The van der Waals surface area contributed by atoms with Crippen molar-refractivity contribution in [3.8, 4) is 10.4 Å². The monoisotopic (exact) mass is 557 g/mol. The van der Waals surface area contributed by atoms with Crippen molar-refractivity contribution in [2.24, 2.45) is 0 Å². The SMILES string of the molecule is CC(C)(C)NC(=O)OC/C(=C\F)Cn1ncn(Cc2ccc(-c3ccc(C(=O)N4CCOCC4)cc3)s2)c1=O. The zero-order valence-corrected chi connectivity index (χ0v) is 23.0. The molecule has 39 heavy (non-hydrogen) atoms. The number of benzene rings is 1. The number of carbonyl (C=O) groups is 2. The second-order valence-electron chi connectivity index (χ2n) is 10.2. The molecule has 208 valence electrons. The summed E-state index contributed by atoms with van der Waals surface area (Å²) in [5, 5.41) is 6.70. The number of halogens is 1. The van der Waals surface area contributed by atoms with Crippen molar-refractivity contribution in [2.45, 2.75) is 39.4 Å². The fourth-order valence-electron chi connectivity index (χ4n) is 3.91. The third-order valence-electron chi connectivity index (χ3n) is 5.87. The molecule has 10 nitrogen and oxygen atoms in total. The van der Waals surface area contributed by atoms with Crippen LogP contribution in [0.5, 0.6) is 0 Å². The molecule has 1 fully saturated rings. The molecule has 12 heteroatoms. The lowest BCUT2D eigenvalue weighted by Gasteiger charge is -2.26. The number of amides is 2. The summed E-state index contributed by atoms with van der Waals surface area (Å²) < 4.78 is 26.3. The molecule has 1 aliphatic heterocycles. The molecule has 2 amide bonds. The Balaban J connectivity index is 1.35. The van der Waals surface area contributed by atoms with Gasteiger partial charge in [0.1, 0.15) is 12.9 Å². The Morgan fingerprint density at radius 1 is 1.15 bits per heavy atom. The highest BCUT2D eigenvalue weighted by molar-refractivity contribution is 7.15. The number of aromatic nitrogens is 3. The normalized spacial score (nSPS) is 14.4. The molecular weight excluding hydrogens is 525 g/mol. The molecule has 4 rings (SSSR count). The molecule has 3 heterocycles. The Kier molecular flexibility index (Phi) is 8.97. The van der Waals surface area contributed by atoms with Crippen LogP contribution < -0.4 is 11.0 Å². The maximum Gasteiger partial charge on any atom is 0.407 e. The highest BCUT2D eigenvalue weighted by atomic mass is 32.1. The molecule has 0 aliphatic carbocycles. The summed E-state index contributed by atoms with van der Waals surface area (Å²) in [5.74, 6) is -0.00129. The largest absolute Gasteiger partial charge is 0.445 e. The van der Waals surface area contributed by atoms with E-state index in [9.17, 15) is 18.8 Å². The number of hydrogen-bond donors (Lipinski definition) is 1. The van der Waals surface area contributed by atoms with E-state index in [1.54, 1.807) is 25.7 Å². The first kappa shape index (κ1) is 28.2. The van der Waals surface area contributed by atoms with Crippen molar-refractivity contribution in [1.29, 1.82) is 0 Å². The second kappa shape index (κ2) is 12.4. The molecule has 1 aromatic carbocycles. The van der Waals surface area contributed by atoms with Crippen LogP contribution in [0.15, 0.2) is 59.4 Å². The summed E-state index contributed by atoms with van der Waals surface area (Å²) in [7, 11) is 0. The van der Waals surface area contributed by atoms with Crippen LogP contribution in [0, 0.1) is 0 Å². The van der Waals surface area contributed by atoms with E-state index in [0.717, 1.165) is 20.0 Å². The van der Waals surface area contributed by atoms with Crippen molar-refractivity contribution in [1.82, 2.24) is 24.6 Å². The van der Waals surface area contributed by atoms with Crippen LogP contribution in [0.25, 0.3) is 10.4 Å². The van der Waals surface area contributed by atoms with Crippen molar-refractivity contribution >= 4 is 23.3 Å². The predicted molar refractivity (Wildman–Crippen MR) is 145 cm³/mol. The van der Waals surface area contributed by atoms with Crippen LogP contribution in [0.3, 0.4) is 0 Å². The van der Waals surface area contributed by atoms with Crippen molar-refractivity contribution in [3.63, 3.8) is 0 Å². The van der Waals surface area contributed by atoms with Gasteiger partial charge >= 0.3 is 11.8 Å². The Morgan fingerprint density at radius 3 is 2.54 bits per heavy atom. The zero-order chi connectivity index (χ0) is 28.0. The van der Waals surface area contributed by atoms with E-state index in [1.165, 1.54) is 22.2 Å². The molecule has 2 aromatic heterocycles. The average Bonchev–Trinajstić information content (AvgIpc) is 3.52. The number of thiophene rings is 1. The molecule has 0 saturated carbocycles. The van der Waals surface area contributed by atoms with E-state index in [1.807, 2.05) is 36.4 Å².